The maximum absolute atomic E-state index is 6.55. The van der Waals surface area contributed by atoms with Crippen LogP contribution in [-0.4, -0.2) is 45.1 Å². The molecular weight excluding hydrogens is 753 g/mol. The van der Waals surface area contributed by atoms with E-state index in [4.69, 9.17) is 27.8 Å². The zero-order chi connectivity index (χ0) is 44.0. The number of benzene rings is 4. The van der Waals surface area contributed by atoms with E-state index in [0.717, 1.165) is 56.8 Å². The van der Waals surface area contributed by atoms with E-state index in [0.29, 0.717) is 0 Å². The number of ether oxygens (including phenoxy) is 4. The first-order valence-electron chi connectivity index (χ1n) is 20.2. The number of allylic oxidation sites excluding steroid dienone is 2. The monoisotopic (exact) mass is 824 g/mol. The molecule has 0 radical (unpaired) electrons. The Bertz CT molecular complexity index is 1960. The van der Waals surface area contributed by atoms with Gasteiger partial charge in [-0.2, -0.15) is 0 Å². The van der Waals surface area contributed by atoms with Gasteiger partial charge >= 0.3 is 0 Å². The van der Waals surface area contributed by atoms with E-state index in [2.05, 4.69) is 170 Å². The molecule has 0 heterocycles. The molecule has 0 saturated heterocycles. The van der Waals surface area contributed by atoms with Crippen molar-refractivity contribution >= 4 is 39.9 Å². The Labute approximate surface area is 353 Å². The van der Waals surface area contributed by atoms with Crippen molar-refractivity contribution in [2.75, 3.05) is 28.4 Å². The van der Waals surface area contributed by atoms with Crippen molar-refractivity contribution in [3.8, 4) is 34.5 Å². The Balaban J connectivity index is 0.000000310. The fourth-order valence-electron chi connectivity index (χ4n) is 5.78. The molecule has 0 aliphatic heterocycles. The molecule has 4 rings (SSSR count). The van der Waals surface area contributed by atoms with E-state index in [1.54, 1.807) is 28.4 Å². The molecule has 8 heteroatoms. The summed E-state index contributed by atoms with van der Waals surface area (Å²) in [5, 5.41) is 0.242. The first-order chi connectivity index (χ1) is 26.8. The van der Waals surface area contributed by atoms with E-state index in [9.17, 15) is 0 Å². The van der Waals surface area contributed by atoms with Gasteiger partial charge in [-0.15, -0.1) is 0 Å². The maximum Gasteiger partial charge on any atom is 0.250 e. The Morgan fingerprint density at radius 1 is 0.448 bits per heavy atom. The second kappa shape index (κ2) is 19.1. The van der Waals surface area contributed by atoms with Crippen molar-refractivity contribution in [2.45, 2.75) is 119 Å². The van der Waals surface area contributed by atoms with E-state index in [1.807, 2.05) is 12.1 Å². The summed E-state index contributed by atoms with van der Waals surface area (Å²) in [6, 6.07) is 20.9. The average Bonchev–Trinajstić information content (AvgIpc) is 3.13. The lowest BCUT2D eigenvalue weighted by Gasteiger charge is -2.36. The number of methoxy groups -OCH3 is 4. The van der Waals surface area contributed by atoms with Gasteiger partial charge in [0.25, 0.3) is 16.6 Å². The maximum atomic E-state index is 6.55. The van der Waals surface area contributed by atoms with Gasteiger partial charge in [0.15, 0.2) is 11.5 Å². The molecule has 0 aromatic heterocycles. The molecule has 0 N–H and O–H groups in total. The molecule has 4 aromatic rings. The van der Waals surface area contributed by atoms with Crippen LogP contribution in [0.2, 0.25) is 36.3 Å². The summed E-state index contributed by atoms with van der Waals surface area (Å²) < 4.78 is 35.3. The van der Waals surface area contributed by atoms with Gasteiger partial charge in [0.05, 0.1) is 28.4 Å². The highest BCUT2D eigenvalue weighted by atomic mass is 28.4. The van der Waals surface area contributed by atoms with Crippen molar-refractivity contribution < 1.29 is 27.8 Å². The van der Waals surface area contributed by atoms with Crippen LogP contribution in [0.3, 0.4) is 0 Å². The van der Waals surface area contributed by atoms with Gasteiger partial charge in [-0.3, -0.25) is 0 Å². The predicted molar refractivity (Wildman–Crippen MR) is 254 cm³/mol. The molecule has 0 atom stereocenters. The second-order valence-corrected chi connectivity index (χ2v) is 27.9. The zero-order valence-electron chi connectivity index (χ0n) is 39.4. The van der Waals surface area contributed by atoms with Crippen LogP contribution in [0.15, 0.2) is 60.7 Å². The van der Waals surface area contributed by atoms with Crippen LogP contribution in [-0.2, 0) is 0 Å². The Hall–Kier alpha value is -4.41. The van der Waals surface area contributed by atoms with Gasteiger partial charge < -0.3 is 27.8 Å². The number of hydrogen-bond donors (Lipinski definition) is 0. The molecule has 0 aliphatic carbocycles. The van der Waals surface area contributed by atoms with Gasteiger partial charge in [-0.1, -0.05) is 78.0 Å². The molecule has 0 saturated carbocycles. The van der Waals surface area contributed by atoms with Crippen LogP contribution in [0, 0.1) is 27.7 Å². The number of rotatable bonds is 12. The molecule has 0 bridgehead atoms. The predicted octanol–water partition coefficient (Wildman–Crippen LogP) is 14.5. The fraction of sp³-hybridized carbons (Fsp3) is 0.440. The van der Waals surface area contributed by atoms with Crippen LogP contribution < -0.4 is 27.8 Å². The van der Waals surface area contributed by atoms with E-state index >= 15 is 0 Å². The highest BCUT2D eigenvalue weighted by molar-refractivity contribution is 6.75. The van der Waals surface area contributed by atoms with Gasteiger partial charge in [0.2, 0.25) is 0 Å². The minimum atomic E-state index is -1.96. The fourth-order valence-corrected chi connectivity index (χ4v) is 7.81. The zero-order valence-corrected chi connectivity index (χ0v) is 41.4. The van der Waals surface area contributed by atoms with Crippen LogP contribution in [0.5, 0.6) is 34.5 Å². The van der Waals surface area contributed by atoms with Crippen molar-refractivity contribution in [3.05, 3.63) is 105 Å². The van der Waals surface area contributed by atoms with Crippen LogP contribution in [0.25, 0.3) is 23.3 Å². The molecule has 316 valence electrons. The largest absolute Gasteiger partial charge is 0.541 e. The standard InChI is InChI=1S/2C25H36O3Si/c2*1-17-14-21(16-23(27-8)19(17)3)18(2)13-20-11-12-22(26-7)24(15-20)28-29(9,10)25(4,5)6/h2*11-16H,1-10H3/b18-13+;18-13-. The summed E-state index contributed by atoms with van der Waals surface area (Å²) in [7, 11) is 2.90. The van der Waals surface area contributed by atoms with Gasteiger partial charge in [0.1, 0.15) is 23.0 Å². The Kier molecular flexibility index (Phi) is 15.8. The third kappa shape index (κ3) is 11.8. The minimum Gasteiger partial charge on any atom is -0.541 e. The number of aryl methyl sites for hydroxylation is 2. The van der Waals surface area contributed by atoms with Crippen molar-refractivity contribution in [1.82, 2.24) is 0 Å². The van der Waals surface area contributed by atoms with E-state index in [1.165, 1.54) is 33.4 Å². The van der Waals surface area contributed by atoms with Crippen LogP contribution in [0.1, 0.15) is 99.9 Å². The molecular formula is C50H72O6Si2. The lowest BCUT2D eigenvalue weighted by Crippen LogP contribution is -2.43. The van der Waals surface area contributed by atoms with Gasteiger partial charge in [0, 0.05) is 0 Å². The molecule has 0 spiro atoms. The molecule has 58 heavy (non-hydrogen) atoms. The normalized spacial score (nSPS) is 12.7. The summed E-state index contributed by atoms with van der Waals surface area (Å²) in [4.78, 5) is 0. The summed E-state index contributed by atoms with van der Waals surface area (Å²) in [6.07, 6.45) is 4.36. The third-order valence-electron chi connectivity index (χ3n) is 12.1. The lowest BCUT2D eigenvalue weighted by atomic mass is 9.99. The molecule has 4 aromatic carbocycles. The van der Waals surface area contributed by atoms with Gasteiger partial charge in [-0.25, -0.2) is 0 Å². The second-order valence-electron chi connectivity index (χ2n) is 18.4. The first-order valence-corrected chi connectivity index (χ1v) is 26.0. The van der Waals surface area contributed by atoms with Crippen molar-refractivity contribution in [1.29, 1.82) is 0 Å². The molecule has 0 aliphatic rings. The minimum absolute atomic E-state index is 0.121. The lowest BCUT2D eigenvalue weighted by molar-refractivity contribution is 0.386. The van der Waals surface area contributed by atoms with Crippen LogP contribution in [0.4, 0.5) is 0 Å². The molecule has 0 fully saturated rings. The molecule has 0 unspecified atom stereocenters. The smallest absolute Gasteiger partial charge is 0.250 e. The van der Waals surface area contributed by atoms with Crippen molar-refractivity contribution in [3.63, 3.8) is 0 Å². The highest BCUT2D eigenvalue weighted by Gasteiger charge is 2.40. The van der Waals surface area contributed by atoms with Crippen molar-refractivity contribution in [2.24, 2.45) is 0 Å². The van der Waals surface area contributed by atoms with Gasteiger partial charge in [-0.05, 0) is 170 Å². The highest BCUT2D eigenvalue weighted by Crippen LogP contribution is 2.42. The summed E-state index contributed by atoms with van der Waals surface area (Å²) in [5.41, 5.74) is 11.7. The van der Waals surface area contributed by atoms with E-state index < -0.39 is 16.6 Å². The third-order valence-corrected chi connectivity index (χ3v) is 20.8. The average molecular weight is 825 g/mol. The molecule has 0 amide bonds. The SMILES string of the molecule is COc1ccc(/C=C(/C)c2cc(C)c(C)c(OC)c2)cc1O[Si](C)(C)C(C)(C)C.COc1ccc(/C=C(\C)c2cc(C)c(C)c(OC)c2)cc1O[Si](C)(C)C(C)(C)C. The summed E-state index contributed by atoms with van der Waals surface area (Å²) >= 11 is 0. The van der Waals surface area contributed by atoms with E-state index in [-0.39, 0.29) is 10.1 Å². The molecule has 6 nitrogen and oxygen atoms in total. The summed E-state index contributed by atoms with van der Waals surface area (Å²) in [6.45, 7) is 35.1. The Morgan fingerprint density at radius 2 is 0.759 bits per heavy atom. The Morgan fingerprint density at radius 3 is 1.03 bits per heavy atom. The topological polar surface area (TPSA) is 55.4 Å². The first kappa shape index (κ1) is 48.0. The summed E-state index contributed by atoms with van der Waals surface area (Å²) in [5.74, 6) is 5.03. The number of hydrogen-bond acceptors (Lipinski definition) is 6. The quantitative estimate of drug-likeness (QED) is 0.105. The van der Waals surface area contributed by atoms with Crippen LogP contribution >= 0.6 is 0 Å².